The van der Waals surface area contributed by atoms with E-state index in [4.69, 9.17) is 27.9 Å². The summed E-state index contributed by atoms with van der Waals surface area (Å²) in [6.07, 6.45) is 9.92. The Balaban J connectivity index is 1.42. The second-order valence-corrected chi connectivity index (χ2v) is 8.00. The van der Waals surface area contributed by atoms with Crippen molar-refractivity contribution in [3.8, 4) is 17.1 Å². The molecule has 0 saturated carbocycles. The van der Waals surface area contributed by atoms with Gasteiger partial charge in [-0.2, -0.15) is 10.2 Å². The molecule has 0 unspecified atom stereocenters. The molecule has 8 nitrogen and oxygen atoms in total. The molecule has 0 aliphatic heterocycles. The molecule has 0 saturated heterocycles. The predicted octanol–water partition coefficient (Wildman–Crippen LogP) is 5.11. The van der Waals surface area contributed by atoms with Gasteiger partial charge in [0, 0.05) is 48.2 Å². The zero-order valence-corrected chi connectivity index (χ0v) is 18.4. The van der Waals surface area contributed by atoms with E-state index >= 15 is 0 Å². The third kappa shape index (κ3) is 4.02. The largest absolute Gasteiger partial charge is 0.470 e. The molecule has 0 aliphatic rings. The maximum Gasteiger partial charge on any atom is 0.214 e. The Hall–Kier alpha value is -3.49. The average molecular weight is 466 g/mol. The van der Waals surface area contributed by atoms with Crippen LogP contribution in [-0.4, -0.2) is 34.9 Å². The summed E-state index contributed by atoms with van der Waals surface area (Å²) in [5, 5.41) is 12.8. The number of hydrogen-bond acceptors (Lipinski definition) is 6. The summed E-state index contributed by atoms with van der Waals surface area (Å²) in [6.45, 7) is 2.47. The van der Waals surface area contributed by atoms with Gasteiger partial charge < -0.3 is 4.74 Å². The first kappa shape index (κ1) is 20.4. The molecular weight excluding hydrogens is 449 g/mol. The second kappa shape index (κ2) is 8.57. The fourth-order valence-corrected chi connectivity index (χ4v) is 4.12. The van der Waals surface area contributed by atoms with Gasteiger partial charge in [0.1, 0.15) is 17.3 Å². The van der Waals surface area contributed by atoms with Gasteiger partial charge in [-0.15, -0.1) is 0 Å². The van der Waals surface area contributed by atoms with Crippen molar-refractivity contribution in [1.82, 2.24) is 34.9 Å². The standard InChI is InChI=1S/C22H17Cl2N7O/c1-13(20-16(23)9-26-10-17(20)24)32-19-5-4-18-22(28-19)21(30-29-18)15-8-27-31(12-15)11-14-3-2-6-25-7-14/h2-10,12-13H,11H2,1H3,(H,29,30)/t13-/m1/s1. The Bertz CT molecular complexity index is 1360. The number of pyridine rings is 3. The number of nitrogens with zero attached hydrogens (tertiary/aromatic N) is 6. The van der Waals surface area contributed by atoms with Crippen LogP contribution < -0.4 is 4.74 Å². The van der Waals surface area contributed by atoms with E-state index in [1.807, 2.05) is 42.2 Å². The van der Waals surface area contributed by atoms with Crippen LogP contribution in [0.4, 0.5) is 0 Å². The van der Waals surface area contributed by atoms with Crippen molar-refractivity contribution in [1.29, 1.82) is 0 Å². The molecule has 0 aliphatic carbocycles. The summed E-state index contributed by atoms with van der Waals surface area (Å²) in [7, 11) is 0. The fourth-order valence-electron chi connectivity index (χ4n) is 3.45. The van der Waals surface area contributed by atoms with Gasteiger partial charge >= 0.3 is 0 Å². The van der Waals surface area contributed by atoms with E-state index in [1.165, 1.54) is 12.4 Å². The lowest BCUT2D eigenvalue weighted by atomic mass is 10.2. The molecule has 0 aromatic carbocycles. The van der Waals surface area contributed by atoms with Crippen molar-refractivity contribution >= 4 is 34.2 Å². The van der Waals surface area contributed by atoms with Crippen LogP contribution >= 0.6 is 23.2 Å². The molecule has 5 heterocycles. The van der Waals surface area contributed by atoms with Crippen molar-refractivity contribution in [3.63, 3.8) is 0 Å². The van der Waals surface area contributed by atoms with E-state index in [0.717, 1.165) is 16.6 Å². The Morgan fingerprint density at radius 3 is 2.69 bits per heavy atom. The molecule has 5 aromatic rings. The molecule has 160 valence electrons. The first-order valence-electron chi connectivity index (χ1n) is 9.81. The number of fused-ring (bicyclic) bond motifs is 1. The van der Waals surface area contributed by atoms with Crippen LogP contribution in [0.5, 0.6) is 5.88 Å². The van der Waals surface area contributed by atoms with Crippen LogP contribution in [0.25, 0.3) is 22.3 Å². The van der Waals surface area contributed by atoms with Gasteiger partial charge in [-0.3, -0.25) is 19.7 Å². The quantitative estimate of drug-likeness (QED) is 0.374. The average Bonchev–Trinajstić information content (AvgIpc) is 3.41. The lowest BCUT2D eigenvalue weighted by molar-refractivity contribution is 0.218. The minimum absolute atomic E-state index is 0.416. The molecule has 0 amide bonds. The lowest BCUT2D eigenvalue weighted by Gasteiger charge is -2.16. The van der Waals surface area contributed by atoms with Gasteiger partial charge in [0.15, 0.2) is 0 Å². The molecule has 5 rings (SSSR count). The van der Waals surface area contributed by atoms with Crippen LogP contribution in [-0.2, 0) is 6.54 Å². The fraction of sp³-hybridized carbons (Fsp3) is 0.136. The second-order valence-electron chi connectivity index (χ2n) is 7.18. The summed E-state index contributed by atoms with van der Waals surface area (Å²) < 4.78 is 7.87. The number of ether oxygens (including phenoxy) is 1. The lowest BCUT2D eigenvalue weighted by Crippen LogP contribution is -2.06. The Labute approximate surface area is 193 Å². The molecule has 0 spiro atoms. The summed E-state index contributed by atoms with van der Waals surface area (Å²) in [4.78, 5) is 12.8. The molecule has 10 heteroatoms. The van der Waals surface area contributed by atoms with E-state index in [2.05, 4.69) is 30.2 Å². The van der Waals surface area contributed by atoms with Crippen LogP contribution in [0.2, 0.25) is 10.0 Å². The van der Waals surface area contributed by atoms with Crippen LogP contribution in [0.3, 0.4) is 0 Å². The summed E-state index contributed by atoms with van der Waals surface area (Å²) in [6, 6.07) is 7.55. The predicted molar refractivity (Wildman–Crippen MR) is 122 cm³/mol. The minimum Gasteiger partial charge on any atom is -0.470 e. The molecule has 0 bridgehead atoms. The normalized spacial score (nSPS) is 12.2. The summed E-state index contributed by atoms with van der Waals surface area (Å²) >= 11 is 12.5. The number of aromatic nitrogens is 7. The monoisotopic (exact) mass is 465 g/mol. The van der Waals surface area contributed by atoms with Gasteiger partial charge in [0.05, 0.1) is 28.3 Å². The first-order chi connectivity index (χ1) is 15.6. The summed E-state index contributed by atoms with van der Waals surface area (Å²) in [5.41, 5.74) is 4.73. The number of nitrogens with one attached hydrogen (secondary N) is 1. The highest BCUT2D eigenvalue weighted by atomic mass is 35.5. The number of halogens is 2. The molecule has 1 atom stereocenters. The number of rotatable bonds is 6. The molecule has 5 aromatic heterocycles. The van der Waals surface area contributed by atoms with Crippen molar-refractivity contribution in [2.45, 2.75) is 19.6 Å². The maximum absolute atomic E-state index is 6.26. The van der Waals surface area contributed by atoms with E-state index < -0.39 is 6.10 Å². The molecule has 32 heavy (non-hydrogen) atoms. The van der Waals surface area contributed by atoms with E-state index in [1.54, 1.807) is 18.5 Å². The van der Waals surface area contributed by atoms with Crippen molar-refractivity contribution < 1.29 is 4.74 Å². The van der Waals surface area contributed by atoms with E-state index in [-0.39, 0.29) is 0 Å². The number of H-pyrrole nitrogens is 1. The third-order valence-corrected chi connectivity index (χ3v) is 5.55. The minimum atomic E-state index is -0.416. The smallest absolute Gasteiger partial charge is 0.214 e. The van der Waals surface area contributed by atoms with Crippen LogP contribution in [0, 0.1) is 0 Å². The Morgan fingerprint density at radius 1 is 1.06 bits per heavy atom. The number of hydrogen-bond donors (Lipinski definition) is 1. The molecule has 0 radical (unpaired) electrons. The van der Waals surface area contributed by atoms with Crippen molar-refractivity contribution in [2.75, 3.05) is 0 Å². The highest BCUT2D eigenvalue weighted by Crippen LogP contribution is 2.33. The Kier molecular flexibility index (Phi) is 5.46. The number of aromatic amines is 1. The SMILES string of the molecule is C[C@@H](Oc1ccc2[nH]nc(-c3cnn(Cc4cccnc4)c3)c2n1)c1c(Cl)cncc1Cl. The maximum atomic E-state index is 6.26. The van der Waals surface area contributed by atoms with Crippen molar-refractivity contribution in [3.05, 3.63) is 82.6 Å². The Morgan fingerprint density at radius 2 is 1.91 bits per heavy atom. The van der Waals surface area contributed by atoms with Gasteiger partial charge in [-0.25, -0.2) is 4.98 Å². The van der Waals surface area contributed by atoms with Gasteiger partial charge in [-0.1, -0.05) is 29.3 Å². The molecular formula is C22H17Cl2N7O. The highest BCUT2D eigenvalue weighted by Gasteiger charge is 2.18. The van der Waals surface area contributed by atoms with Crippen molar-refractivity contribution in [2.24, 2.45) is 0 Å². The van der Waals surface area contributed by atoms with Gasteiger partial charge in [-0.05, 0) is 24.6 Å². The zero-order valence-electron chi connectivity index (χ0n) is 16.9. The topological polar surface area (TPSA) is 94.4 Å². The van der Waals surface area contributed by atoms with Gasteiger partial charge in [0.2, 0.25) is 5.88 Å². The zero-order chi connectivity index (χ0) is 22.1. The first-order valence-corrected chi connectivity index (χ1v) is 10.6. The molecule has 0 fully saturated rings. The van der Waals surface area contributed by atoms with Crippen LogP contribution in [0.1, 0.15) is 24.2 Å². The highest BCUT2D eigenvalue weighted by molar-refractivity contribution is 6.35. The van der Waals surface area contributed by atoms with Crippen LogP contribution in [0.15, 0.2) is 61.4 Å². The van der Waals surface area contributed by atoms with E-state index in [0.29, 0.717) is 39.2 Å². The van der Waals surface area contributed by atoms with E-state index in [9.17, 15) is 0 Å². The third-order valence-electron chi connectivity index (χ3n) is 4.95. The summed E-state index contributed by atoms with van der Waals surface area (Å²) in [5.74, 6) is 0.430. The molecule has 1 N–H and O–H groups in total. The van der Waals surface area contributed by atoms with Gasteiger partial charge in [0.25, 0.3) is 0 Å².